The number of imide groups is 1. The Hall–Kier alpha value is -2.77. The highest BCUT2D eigenvalue weighted by Crippen LogP contribution is 2.04. The molecule has 3 amide bonds. The van der Waals surface area contributed by atoms with E-state index in [1.807, 2.05) is 13.0 Å². The predicted molar refractivity (Wildman–Crippen MR) is 70.8 cm³/mol. The number of rotatable bonds is 4. The minimum Gasteiger partial charge on any atom is -0.308 e. The second-order valence-corrected chi connectivity index (χ2v) is 3.97. The number of aromatic nitrogens is 4. The van der Waals surface area contributed by atoms with Crippen LogP contribution < -0.4 is 10.6 Å². The standard InChI is InChI=1S/C12H14N6O2/c1-2-10-15-16-17-18(10)8-11(19)14-12(20)13-9-6-4-3-5-7-9/h3-7H,2,8H2,1H3,(H2,13,14,19,20). The van der Waals surface area contributed by atoms with Crippen LogP contribution in [0.25, 0.3) is 0 Å². The Kier molecular flexibility index (Phi) is 4.38. The smallest absolute Gasteiger partial charge is 0.308 e. The summed E-state index contributed by atoms with van der Waals surface area (Å²) in [6, 6.07) is 8.25. The van der Waals surface area contributed by atoms with Gasteiger partial charge in [-0.25, -0.2) is 9.48 Å². The summed E-state index contributed by atoms with van der Waals surface area (Å²) in [5, 5.41) is 15.7. The molecule has 0 aliphatic rings. The molecule has 1 heterocycles. The van der Waals surface area contributed by atoms with Gasteiger partial charge in [-0.05, 0) is 22.6 Å². The first kappa shape index (κ1) is 13.7. The van der Waals surface area contributed by atoms with E-state index >= 15 is 0 Å². The number of tetrazole rings is 1. The number of carbonyl (C=O) groups excluding carboxylic acids is 2. The largest absolute Gasteiger partial charge is 0.325 e. The van der Waals surface area contributed by atoms with Crippen LogP contribution in [0, 0.1) is 0 Å². The fourth-order valence-corrected chi connectivity index (χ4v) is 1.59. The van der Waals surface area contributed by atoms with Gasteiger partial charge in [0, 0.05) is 12.1 Å². The number of nitrogens with one attached hydrogen (secondary N) is 2. The molecule has 0 radical (unpaired) electrons. The number of nitrogens with zero attached hydrogens (tertiary/aromatic N) is 4. The van der Waals surface area contributed by atoms with Gasteiger partial charge in [0.05, 0.1) is 0 Å². The average Bonchev–Trinajstić information content (AvgIpc) is 2.86. The van der Waals surface area contributed by atoms with E-state index in [2.05, 4.69) is 26.2 Å². The molecule has 8 nitrogen and oxygen atoms in total. The normalized spacial score (nSPS) is 10.1. The summed E-state index contributed by atoms with van der Waals surface area (Å²) in [5.41, 5.74) is 0.606. The monoisotopic (exact) mass is 274 g/mol. The number of para-hydroxylation sites is 1. The predicted octanol–water partition coefficient (Wildman–Crippen LogP) is 0.584. The summed E-state index contributed by atoms with van der Waals surface area (Å²) in [5.74, 6) is 0.101. The lowest BCUT2D eigenvalue weighted by molar-refractivity contribution is -0.120. The van der Waals surface area contributed by atoms with Crippen molar-refractivity contribution >= 4 is 17.6 Å². The van der Waals surface area contributed by atoms with Gasteiger partial charge < -0.3 is 5.32 Å². The van der Waals surface area contributed by atoms with E-state index in [-0.39, 0.29) is 6.54 Å². The number of urea groups is 1. The highest BCUT2D eigenvalue weighted by molar-refractivity contribution is 6.01. The van der Waals surface area contributed by atoms with E-state index < -0.39 is 11.9 Å². The summed E-state index contributed by atoms with van der Waals surface area (Å²) in [7, 11) is 0. The second-order valence-electron chi connectivity index (χ2n) is 3.97. The van der Waals surface area contributed by atoms with Gasteiger partial charge in [-0.1, -0.05) is 25.1 Å². The van der Waals surface area contributed by atoms with Crippen LogP contribution in [-0.2, 0) is 17.8 Å². The van der Waals surface area contributed by atoms with Crippen LogP contribution in [0.15, 0.2) is 30.3 Å². The summed E-state index contributed by atoms with van der Waals surface area (Å²) >= 11 is 0. The average molecular weight is 274 g/mol. The SMILES string of the molecule is CCc1nnnn1CC(=O)NC(=O)Nc1ccccc1. The molecular weight excluding hydrogens is 260 g/mol. The zero-order valence-corrected chi connectivity index (χ0v) is 10.9. The lowest BCUT2D eigenvalue weighted by Crippen LogP contribution is -2.37. The van der Waals surface area contributed by atoms with Crippen molar-refractivity contribution < 1.29 is 9.59 Å². The third-order valence-corrected chi connectivity index (χ3v) is 2.50. The van der Waals surface area contributed by atoms with E-state index in [0.29, 0.717) is 17.9 Å². The Morgan fingerprint density at radius 2 is 2.00 bits per heavy atom. The van der Waals surface area contributed by atoms with Crippen LogP contribution in [0.2, 0.25) is 0 Å². The highest BCUT2D eigenvalue weighted by Gasteiger charge is 2.11. The van der Waals surface area contributed by atoms with E-state index in [1.165, 1.54) is 4.68 Å². The molecule has 0 fully saturated rings. The van der Waals surface area contributed by atoms with E-state index in [0.717, 1.165) is 0 Å². The molecule has 20 heavy (non-hydrogen) atoms. The molecule has 104 valence electrons. The molecule has 1 aromatic heterocycles. The van der Waals surface area contributed by atoms with Gasteiger partial charge in [0.1, 0.15) is 6.54 Å². The maximum Gasteiger partial charge on any atom is 0.325 e. The third kappa shape index (κ3) is 3.61. The van der Waals surface area contributed by atoms with Gasteiger partial charge in [-0.15, -0.1) is 5.10 Å². The Morgan fingerprint density at radius 3 is 2.70 bits per heavy atom. The molecule has 0 unspecified atom stereocenters. The maximum absolute atomic E-state index is 11.7. The summed E-state index contributed by atoms with van der Waals surface area (Å²) < 4.78 is 1.35. The summed E-state index contributed by atoms with van der Waals surface area (Å²) in [6.45, 7) is 1.78. The number of carbonyl (C=O) groups is 2. The van der Waals surface area contributed by atoms with Crippen molar-refractivity contribution in [3.63, 3.8) is 0 Å². The quantitative estimate of drug-likeness (QED) is 0.849. The van der Waals surface area contributed by atoms with Gasteiger partial charge in [-0.3, -0.25) is 10.1 Å². The number of hydrogen-bond acceptors (Lipinski definition) is 5. The zero-order valence-electron chi connectivity index (χ0n) is 10.9. The summed E-state index contributed by atoms with van der Waals surface area (Å²) in [6.07, 6.45) is 0.608. The fraction of sp³-hybridized carbons (Fsp3) is 0.250. The molecular formula is C12H14N6O2. The molecule has 2 aromatic rings. The van der Waals surface area contributed by atoms with Crippen LogP contribution in [-0.4, -0.2) is 32.1 Å². The molecule has 0 spiro atoms. The van der Waals surface area contributed by atoms with Gasteiger partial charge in [0.25, 0.3) is 0 Å². The number of amides is 3. The molecule has 1 aromatic carbocycles. The van der Waals surface area contributed by atoms with Gasteiger partial charge in [0.2, 0.25) is 5.91 Å². The number of hydrogen-bond donors (Lipinski definition) is 2. The van der Waals surface area contributed by atoms with Crippen molar-refractivity contribution in [1.82, 2.24) is 25.5 Å². The first-order valence-corrected chi connectivity index (χ1v) is 6.10. The van der Waals surface area contributed by atoms with Crippen molar-refractivity contribution in [3.8, 4) is 0 Å². The topological polar surface area (TPSA) is 102 Å². The summed E-state index contributed by atoms with van der Waals surface area (Å²) in [4.78, 5) is 23.3. The maximum atomic E-state index is 11.7. The van der Waals surface area contributed by atoms with Crippen molar-refractivity contribution in [1.29, 1.82) is 0 Å². The molecule has 0 saturated carbocycles. The van der Waals surface area contributed by atoms with Gasteiger partial charge >= 0.3 is 6.03 Å². The lowest BCUT2D eigenvalue weighted by atomic mass is 10.3. The van der Waals surface area contributed by atoms with Crippen LogP contribution in [0.3, 0.4) is 0 Å². The Morgan fingerprint density at radius 1 is 1.25 bits per heavy atom. The fourth-order valence-electron chi connectivity index (χ4n) is 1.59. The first-order chi connectivity index (χ1) is 9.69. The number of aryl methyl sites for hydroxylation is 1. The van der Waals surface area contributed by atoms with E-state index in [1.54, 1.807) is 24.3 Å². The molecule has 2 rings (SSSR count). The second kappa shape index (κ2) is 6.41. The minimum atomic E-state index is -0.590. The van der Waals surface area contributed by atoms with Crippen molar-refractivity contribution in [3.05, 3.63) is 36.2 Å². The van der Waals surface area contributed by atoms with Gasteiger partial charge in [0.15, 0.2) is 5.82 Å². The molecule has 8 heteroatoms. The Balaban J connectivity index is 1.87. The van der Waals surface area contributed by atoms with Gasteiger partial charge in [-0.2, -0.15) is 0 Å². The van der Waals surface area contributed by atoms with Crippen LogP contribution in [0.1, 0.15) is 12.7 Å². The van der Waals surface area contributed by atoms with Crippen molar-refractivity contribution in [2.45, 2.75) is 19.9 Å². The lowest BCUT2D eigenvalue weighted by Gasteiger charge is -2.06. The van der Waals surface area contributed by atoms with Crippen molar-refractivity contribution in [2.75, 3.05) is 5.32 Å². The molecule has 0 saturated heterocycles. The first-order valence-electron chi connectivity index (χ1n) is 6.10. The third-order valence-electron chi connectivity index (χ3n) is 2.50. The molecule has 0 aliphatic carbocycles. The van der Waals surface area contributed by atoms with E-state index in [4.69, 9.17) is 0 Å². The van der Waals surface area contributed by atoms with E-state index in [9.17, 15) is 9.59 Å². The Labute approximate surface area is 115 Å². The number of anilines is 1. The Bertz CT molecular complexity index is 595. The molecule has 0 bridgehead atoms. The number of benzene rings is 1. The molecule has 0 aliphatic heterocycles. The highest BCUT2D eigenvalue weighted by atomic mass is 16.2. The molecule has 2 N–H and O–H groups in total. The molecule has 0 atom stereocenters. The minimum absolute atomic E-state index is 0.0988. The zero-order chi connectivity index (χ0) is 14.4. The van der Waals surface area contributed by atoms with Crippen LogP contribution in [0.5, 0.6) is 0 Å². The van der Waals surface area contributed by atoms with Crippen LogP contribution in [0.4, 0.5) is 10.5 Å². The van der Waals surface area contributed by atoms with Crippen LogP contribution >= 0.6 is 0 Å². The van der Waals surface area contributed by atoms with Crippen molar-refractivity contribution in [2.24, 2.45) is 0 Å².